The van der Waals surface area contributed by atoms with Crippen LogP contribution in [0.1, 0.15) is 5.56 Å². The third kappa shape index (κ3) is 5.13. The van der Waals surface area contributed by atoms with Crippen molar-refractivity contribution < 1.29 is 28.5 Å². The van der Waals surface area contributed by atoms with Gasteiger partial charge in [-0.2, -0.15) is 5.10 Å². The van der Waals surface area contributed by atoms with Gasteiger partial charge in [0.25, 0.3) is 0 Å². The Labute approximate surface area is 162 Å². The summed E-state index contributed by atoms with van der Waals surface area (Å²) in [7, 11) is 5.99. The molecule has 0 aliphatic carbocycles. The van der Waals surface area contributed by atoms with Gasteiger partial charge in [0.1, 0.15) is 11.5 Å². The molecule has 0 atom stereocenters. The number of amides is 2. The number of benzene rings is 2. The Morgan fingerprint density at radius 1 is 0.857 bits per heavy atom. The molecule has 2 amide bonds. The SMILES string of the molecule is COc1cccc(NC(=O)C(=O)N/N=C/c2cc(OC)c(OC)cc2OC)c1. The van der Waals surface area contributed by atoms with Crippen molar-refractivity contribution in [1.82, 2.24) is 5.43 Å². The van der Waals surface area contributed by atoms with Crippen LogP contribution in [0.15, 0.2) is 41.5 Å². The fourth-order valence-electron chi connectivity index (χ4n) is 2.25. The molecular weight excluding hydrogens is 366 g/mol. The predicted molar refractivity (Wildman–Crippen MR) is 103 cm³/mol. The fourth-order valence-corrected chi connectivity index (χ4v) is 2.25. The molecule has 0 saturated carbocycles. The first-order valence-electron chi connectivity index (χ1n) is 8.10. The van der Waals surface area contributed by atoms with Crippen molar-refractivity contribution in [2.45, 2.75) is 0 Å². The van der Waals surface area contributed by atoms with Crippen LogP contribution in [0, 0.1) is 0 Å². The highest BCUT2D eigenvalue weighted by atomic mass is 16.5. The molecule has 0 heterocycles. The molecule has 2 aromatic carbocycles. The molecule has 0 saturated heterocycles. The summed E-state index contributed by atoms with van der Waals surface area (Å²) < 4.78 is 20.7. The van der Waals surface area contributed by atoms with E-state index in [9.17, 15) is 9.59 Å². The zero-order valence-corrected chi connectivity index (χ0v) is 15.9. The van der Waals surface area contributed by atoms with Crippen LogP contribution in [0.5, 0.6) is 23.0 Å². The number of methoxy groups -OCH3 is 4. The van der Waals surface area contributed by atoms with E-state index < -0.39 is 11.8 Å². The number of hydrogen-bond donors (Lipinski definition) is 2. The monoisotopic (exact) mass is 387 g/mol. The van der Waals surface area contributed by atoms with Gasteiger partial charge in [0, 0.05) is 23.4 Å². The quantitative estimate of drug-likeness (QED) is 0.426. The lowest BCUT2D eigenvalue weighted by Gasteiger charge is -2.11. The van der Waals surface area contributed by atoms with E-state index in [0.29, 0.717) is 34.2 Å². The summed E-state index contributed by atoms with van der Waals surface area (Å²) in [5.41, 5.74) is 3.10. The highest BCUT2D eigenvalue weighted by Crippen LogP contribution is 2.33. The second-order valence-electron chi connectivity index (χ2n) is 5.33. The predicted octanol–water partition coefficient (Wildman–Crippen LogP) is 1.81. The first-order chi connectivity index (χ1) is 13.5. The molecular formula is C19H21N3O6. The van der Waals surface area contributed by atoms with Crippen LogP contribution in [-0.2, 0) is 9.59 Å². The number of hydrazone groups is 1. The number of ether oxygens (including phenoxy) is 4. The van der Waals surface area contributed by atoms with E-state index in [4.69, 9.17) is 18.9 Å². The molecule has 28 heavy (non-hydrogen) atoms. The minimum absolute atomic E-state index is 0.421. The topological polar surface area (TPSA) is 107 Å². The molecule has 0 aliphatic heterocycles. The first-order valence-corrected chi connectivity index (χ1v) is 8.10. The average molecular weight is 387 g/mol. The van der Waals surface area contributed by atoms with Gasteiger partial charge in [0.2, 0.25) is 0 Å². The van der Waals surface area contributed by atoms with E-state index in [-0.39, 0.29) is 0 Å². The number of carbonyl (C=O) groups is 2. The van der Waals surface area contributed by atoms with E-state index in [1.165, 1.54) is 34.7 Å². The van der Waals surface area contributed by atoms with Crippen LogP contribution in [0.25, 0.3) is 0 Å². The average Bonchev–Trinajstić information content (AvgIpc) is 2.73. The lowest BCUT2D eigenvalue weighted by atomic mass is 10.2. The van der Waals surface area contributed by atoms with Crippen LogP contribution in [0.2, 0.25) is 0 Å². The number of nitrogens with zero attached hydrogens (tertiary/aromatic N) is 1. The van der Waals surface area contributed by atoms with Crippen LogP contribution >= 0.6 is 0 Å². The van der Waals surface area contributed by atoms with Crippen LogP contribution in [-0.4, -0.2) is 46.5 Å². The van der Waals surface area contributed by atoms with Crippen LogP contribution in [0.3, 0.4) is 0 Å². The second-order valence-corrected chi connectivity index (χ2v) is 5.33. The van der Waals surface area contributed by atoms with E-state index in [1.54, 1.807) is 36.4 Å². The highest BCUT2D eigenvalue weighted by Gasteiger charge is 2.14. The molecule has 2 aromatic rings. The van der Waals surface area contributed by atoms with Gasteiger partial charge in [0.05, 0.1) is 34.7 Å². The van der Waals surface area contributed by atoms with Crippen molar-refractivity contribution in [1.29, 1.82) is 0 Å². The molecule has 0 aromatic heterocycles. The maximum Gasteiger partial charge on any atom is 0.329 e. The van der Waals surface area contributed by atoms with Crippen molar-refractivity contribution in [2.75, 3.05) is 33.8 Å². The molecule has 9 heteroatoms. The molecule has 2 rings (SSSR count). The smallest absolute Gasteiger partial charge is 0.329 e. The molecule has 9 nitrogen and oxygen atoms in total. The molecule has 0 radical (unpaired) electrons. The molecule has 0 unspecified atom stereocenters. The van der Waals surface area contributed by atoms with Gasteiger partial charge in [-0.1, -0.05) is 6.07 Å². The zero-order valence-electron chi connectivity index (χ0n) is 15.9. The summed E-state index contributed by atoms with van der Waals surface area (Å²) in [6.07, 6.45) is 1.33. The molecule has 0 aliphatic rings. The Kier molecular flexibility index (Phi) is 7.21. The van der Waals surface area contributed by atoms with Gasteiger partial charge in [-0.25, -0.2) is 5.43 Å². The third-order valence-electron chi connectivity index (χ3n) is 3.64. The maximum atomic E-state index is 12.0. The van der Waals surface area contributed by atoms with Crippen molar-refractivity contribution in [3.63, 3.8) is 0 Å². The number of anilines is 1. The molecule has 0 bridgehead atoms. The van der Waals surface area contributed by atoms with Crippen molar-refractivity contribution in [2.24, 2.45) is 5.10 Å². The van der Waals surface area contributed by atoms with Gasteiger partial charge in [-0.05, 0) is 18.2 Å². The van der Waals surface area contributed by atoms with E-state index in [2.05, 4.69) is 15.8 Å². The summed E-state index contributed by atoms with van der Waals surface area (Å²) in [5.74, 6) is 0.154. The highest BCUT2D eigenvalue weighted by molar-refractivity contribution is 6.39. The number of rotatable bonds is 7. The van der Waals surface area contributed by atoms with E-state index in [0.717, 1.165) is 0 Å². The molecule has 0 spiro atoms. The minimum atomic E-state index is -0.932. The summed E-state index contributed by atoms with van der Waals surface area (Å²) in [5, 5.41) is 6.25. The largest absolute Gasteiger partial charge is 0.497 e. The summed E-state index contributed by atoms with van der Waals surface area (Å²) in [6.45, 7) is 0. The first kappa shape index (κ1) is 20.6. The fraction of sp³-hybridized carbons (Fsp3) is 0.211. The minimum Gasteiger partial charge on any atom is -0.497 e. The standard InChI is InChI=1S/C19H21N3O6/c1-25-14-7-5-6-13(9-14)21-18(23)19(24)22-20-11-12-8-16(27-3)17(28-4)10-15(12)26-2/h5-11H,1-4H3,(H,21,23)(H,22,24)/b20-11+. The lowest BCUT2D eigenvalue weighted by molar-refractivity contribution is -0.136. The maximum absolute atomic E-state index is 12.0. The van der Waals surface area contributed by atoms with Crippen molar-refractivity contribution in [3.05, 3.63) is 42.0 Å². The van der Waals surface area contributed by atoms with Gasteiger partial charge >= 0.3 is 11.8 Å². The molecule has 148 valence electrons. The van der Waals surface area contributed by atoms with E-state index >= 15 is 0 Å². The zero-order chi connectivity index (χ0) is 20.5. The Bertz CT molecular complexity index is 882. The van der Waals surface area contributed by atoms with E-state index in [1.807, 2.05) is 0 Å². The van der Waals surface area contributed by atoms with Crippen LogP contribution in [0.4, 0.5) is 5.69 Å². The molecule has 0 fully saturated rings. The Morgan fingerprint density at radius 2 is 1.54 bits per heavy atom. The second kappa shape index (κ2) is 9.81. The number of carbonyl (C=O) groups excluding carboxylic acids is 2. The van der Waals surface area contributed by atoms with Crippen molar-refractivity contribution in [3.8, 4) is 23.0 Å². The number of nitrogens with one attached hydrogen (secondary N) is 2. The van der Waals surface area contributed by atoms with Crippen molar-refractivity contribution >= 4 is 23.7 Å². The summed E-state index contributed by atoms with van der Waals surface area (Å²) >= 11 is 0. The summed E-state index contributed by atoms with van der Waals surface area (Å²) in [4.78, 5) is 23.9. The number of hydrogen-bond acceptors (Lipinski definition) is 7. The van der Waals surface area contributed by atoms with Gasteiger partial charge in [0.15, 0.2) is 11.5 Å². The Hall–Kier alpha value is -3.75. The van der Waals surface area contributed by atoms with Gasteiger partial charge in [-0.3, -0.25) is 9.59 Å². The Balaban J connectivity index is 2.05. The Morgan fingerprint density at radius 3 is 2.18 bits per heavy atom. The third-order valence-corrected chi connectivity index (χ3v) is 3.64. The van der Waals surface area contributed by atoms with Gasteiger partial charge in [-0.15, -0.1) is 0 Å². The normalized spacial score (nSPS) is 10.3. The van der Waals surface area contributed by atoms with Gasteiger partial charge < -0.3 is 24.3 Å². The lowest BCUT2D eigenvalue weighted by Crippen LogP contribution is -2.32. The molecule has 2 N–H and O–H groups in total. The summed E-state index contributed by atoms with van der Waals surface area (Å²) in [6, 6.07) is 9.87. The van der Waals surface area contributed by atoms with Crippen LogP contribution < -0.4 is 29.7 Å².